The number of ether oxygens (including phenoxy) is 1. The van der Waals surface area contributed by atoms with E-state index in [1.165, 1.54) is 4.57 Å². The number of benzene rings is 1. The average Bonchev–Trinajstić information content (AvgIpc) is 3.24. The third-order valence-corrected chi connectivity index (χ3v) is 6.65. The lowest BCUT2D eigenvalue weighted by Gasteiger charge is -2.31. The highest BCUT2D eigenvalue weighted by Gasteiger charge is 2.26. The largest absolute Gasteiger partial charge is 0.378 e. The number of fused-ring (bicyclic) bond motifs is 1. The summed E-state index contributed by atoms with van der Waals surface area (Å²) in [5, 5.41) is 3.04. The molecule has 4 heterocycles. The highest BCUT2D eigenvalue weighted by molar-refractivity contribution is 5.81. The normalized spacial score (nSPS) is 18.7. The van der Waals surface area contributed by atoms with Crippen LogP contribution in [0.5, 0.6) is 0 Å². The van der Waals surface area contributed by atoms with Crippen LogP contribution in [0.4, 0.5) is 11.9 Å². The fourth-order valence-corrected chi connectivity index (χ4v) is 4.73. The van der Waals surface area contributed by atoms with E-state index in [9.17, 15) is 9.59 Å². The summed E-state index contributed by atoms with van der Waals surface area (Å²) in [5.41, 5.74) is 7.90. The molecule has 2 fully saturated rings. The second kappa shape index (κ2) is 10.0. The predicted octanol–water partition coefficient (Wildman–Crippen LogP) is 0.377. The van der Waals surface area contributed by atoms with Crippen LogP contribution in [0.15, 0.2) is 35.1 Å². The second-order valence-electron chi connectivity index (χ2n) is 9.15. The first-order valence-corrected chi connectivity index (χ1v) is 12.1. The summed E-state index contributed by atoms with van der Waals surface area (Å²) in [6.07, 6.45) is 1.94. The number of piperidine rings is 1. The molecule has 1 atom stereocenters. The number of aromatic nitrogens is 4. The van der Waals surface area contributed by atoms with Crippen molar-refractivity contribution in [1.82, 2.24) is 24.0 Å². The van der Waals surface area contributed by atoms with Crippen LogP contribution in [-0.4, -0.2) is 81.9 Å². The summed E-state index contributed by atoms with van der Waals surface area (Å²) >= 11 is 0. The summed E-state index contributed by atoms with van der Waals surface area (Å²) in [6, 6.07) is 10.1. The van der Waals surface area contributed by atoms with Gasteiger partial charge in [0.1, 0.15) is 0 Å². The average molecular weight is 481 g/mol. The zero-order chi connectivity index (χ0) is 24.4. The van der Waals surface area contributed by atoms with Gasteiger partial charge in [0.15, 0.2) is 11.2 Å². The summed E-state index contributed by atoms with van der Waals surface area (Å²) in [5.74, 6) is 0.959. The molecule has 0 bridgehead atoms. The predicted molar refractivity (Wildman–Crippen MR) is 134 cm³/mol. The number of amides is 1. The zero-order valence-electron chi connectivity index (χ0n) is 20.0. The van der Waals surface area contributed by atoms with E-state index in [0.717, 1.165) is 24.9 Å². The van der Waals surface area contributed by atoms with E-state index >= 15 is 0 Å². The molecule has 2 saturated heterocycles. The second-order valence-corrected chi connectivity index (χ2v) is 9.15. The van der Waals surface area contributed by atoms with Crippen molar-refractivity contribution in [2.45, 2.75) is 25.4 Å². The maximum Gasteiger partial charge on any atom is 0.281 e. The van der Waals surface area contributed by atoms with Crippen molar-refractivity contribution < 1.29 is 9.53 Å². The van der Waals surface area contributed by atoms with Crippen molar-refractivity contribution >= 4 is 29.0 Å². The number of hydrogen-bond donors (Lipinski definition) is 2. The molecule has 5 rings (SSSR count). The molecule has 35 heavy (non-hydrogen) atoms. The first-order valence-electron chi connectivity index (χ1n) is 12.1. The van der Waals surface area contributed by atoms with Gasteiger partial charge >= 0.3 is 0 Å². The van der Waals surface area contributed by atoms with Crippen molar-refractivity contribution in [3.8, 4) is 0 Å². The SMILES string of the molecule is Cn1c(NCC(=O)N2CCOCC2)nc2nc(N3CCCC(N)C3)n(Cc3ccccc3)c2c1=O. The molecule has 0 saturated carbocycles. The standard InChI is InChI=1S/C24H32N8O3/c1-29-22(34)20-21(27-23(29)26-14-19(33)30-10-12-35-13-11-30)28-24(31-9-5-8-18(25)16-31)32(20)15-17-6-3-2-4-7-17/h2-4,6-7,18H,5,8-16,25H2,1H3,(H,26,27). The molecule has 186 valence electrons. The molecule has 2 aromatic heterocycles. The number of nitrogens with one attached hydrogen (secondary N) is 1. The summed E-state index contributed by atoms with van der Waals surface area (Å²) < 4.78 is 8.71. The zero-order valence-corrected chi connectivity index (χ0v) is 20.0. The van der Waals surface area contributed by atoms with Crippen LogP contribution in [-0.2, 0) is 23.1 Å². The van der Waals surface area contributed by atoms with E-state index < -0.39 is 0 Å². The number of imidazole rings is 1. The highest BCUT2D eigenvalue weighted by atomic mass is 16.5. The molecule has 3 N–H and O–H groups in total. The summed E-state index contributed by atoms with van der Waals surface area (Å²) in [6.45, 7) is 4.26. The van der Waals surface area contributed by atoms with Gasteiger partial charge in [0.2, 0.25) is 17.8 Å². The molecule has 1 amide bonds. The van der Waals surface area contributed by atoms with Gasteiger partial charge in [0, 0.05) is 39.3 Å². The molecule has 11 nitrogen and oxygen atoms in total. The fraction of sp³-hybridized carbons (Fsp3) is 0.500. The summed E-state index contributed by atoms with van der Waals surface area (Å²) in [4.78, 5) is 39.5. The maximum atomic E-state index is 13.5. The maximum absolute atomic E-state index is 13.5. The van der Waals surface area contributed by atoms with Crippen molar-refractivity contribution in [1.29, 1.82) is 0 Å². The van der Waals surface area contributed by atoms with Gasteiger partial charge < -0.3 is 25.6 Å². The van der Waals surface area contributed by atoms with E-state index in [0.29, 0.717) is 62.5 Å². The van der Waals surface area contributed by atoms with Crippen molar-refractivity contribution in [2.24, 2.45) is 12.8 Å². The van der Waals surface area contributed by atoms with Crippen LogP contribution in [0.2, 0.25) is 0 Å². The Morgan fingerprint density at radius 3 is 2.69 bits per heavy atom. The molecule has 0 aliphatic carbocycles. The Morgan fingerprint density at radius 2 is 1.94 bits per heavy atom. The first kappa shape index (κ1) is 23.3. The molecule has 2 aliphatic rings. The third-order valence-electron chi connectivity index (χ3n) is 6.65. The molecule has 0 spiro atoms. The molecule has 0 radical (unpaired) electrons. The Labute approximate surface area is 203 Å². The smallest absolute Gasteiger partial charge is 0.281 e. The Bertz CT molecular complexity index is 1250. The minimum atomic E-state index is -0.215. The number of nitrogens with two attached hydrogens (primary N) is 1. The number of morpholine rings is 1. The van der Waals surface area contributed by atoms with Crippen LogP contribution in [0.1, 0.15) is 18.4 Å². The van der Waals surface area contributed by atoms with Crippen molar-refractivity contribution in [3.63, 3.8) is 0 Å². The summed E-state index contributed by atoms with van der Waals surface area (Å²) in [7, 11) is 1.66. The molecule has 2 aliphatic heterocycles. The Morgan fingerprint density at radius 1 is 1.17 bits per heavy atom. The highest BCUT2D eigenvalue weighted by Crippen LogP contribution is 2.24. The van der Waals surface area contributed by atoms with Gasteiger partial charge in [0.05, 0.1) is 26.3 Å². The van der Waals surface area contributed by atoms with Gasteiger partial charge in [-0.05, 0) is 18.4 Å². The van der Waals surface area contributed by atoms with E-state index in [4.69, 9.17) is 15.5 Å². The lowest BCUT2D eigenvalue weighted by atomic mass is 10.1. The number of carbonyl (C=O) groups is 1. The Kier molecular flexibility index (Phi) is 6.69. The molecule has 1 aromatic carbocycles. The van der Waals surface area contributed by atoms with Crippen molar-refractivity contribution in [2.75, 3.05) is 56.2 Å². The molecular weight excluding hydrogens is 448 g/mol. The van der Waals surface area contributed by atoms with Crippen molar-refractivity contribution in [3.05, 3.63) is 46.2 Å². The van der Waals surface area contributed by atoms with Gasteiger partial charge in [0.25, 0.3) is 5.56 Å². The monoisotopic (exact) mass is 480 g/mol. The molecular formula is C24H32N8O3. The van der Waals surface area contributed by atoms with Gasteiger partial charge in [-0.15, -0.1) is 0 Å². The molecule has 11 heteroatoms. The van der Waals surface area contributed by atoms with Crippen LogP contribution in [0, 0.1) is 0 Å². The van der Waals surface area contributed by atoms with E-state index in [2.05, 4.69) is 15.2 Å². The van der Waals surface area contributed by atoms with Crippen LogP contribution < -0.4 is 21.5 Å². The number of anilines is 2. The van der Waals surface area contributed by atoms with E-state index in [-0.39, 0.29) is 24.1 Å². The Hall–Kier alpha value is -3.44. The lowest BCUT2D eigenvalue weighted by molar-refractivity contribution is -0.133. The number of rotatable bonds is 6. The Balaban J connectivity index is 1.50. The molecule has 3 aromatic rings. The lowest BCUT2D eigenvalue weighted by Crippen LogP contribution is -2.44. The van der Waals surface area contributed by atoms with Crippen LogP contribution in [0.3, 0.4) is 0 Å². The minimum Gasteiger partial charge on any atom is -0.378 e. The fourth-order valence-electron chi connectivity index (χ4n) is 4.73. The first-order chi connectivity index (χ1) is 17.0. The van der Waals surface area contributed by atoms with E-state index in [1.54, 1.807) is 11.9 Å². The van der Waals surface area contributed by atoms with Gasteiger partial charge in [-0.1, -0.05) is 30.3 Å². The quantitative estimate of drug-likeness (QED) is 0.519. The minimum absolute atomic E-state index is 0.0460. The number of carbonyl (C=O) groups excluding carboxylic acids is 1. The van der Waals surface area contributed by atoms with Crippen LogP contribution in [0.25, 0.3) is 11.2 Å². The van der Waals surface area contributed by atoms with Gasteiger partial charge in [-0.25, -0.2) is 0 Å². The van der Waals surface area contributed by atoms with Crippen LogP contribution >= 0.6 is 0 Å². The topological polar surface area (TPSA) is 124 Å². The number of nitrogens with zero attached hydrogens (tertiary/aromatic N) is 6. The third kappa shape index (κ3) is 4.87. The van der Waals surface area contributed by atoms with E-state index in [1.807, 2.05) is 34.9 Å². The number of hydrogen-bond acceptors (Lipinski definition) is 8. The van der Waals surface area contributed by atoms with Gasteiger partial charge in [-0.3, -0.25) is 18.7 Å². The molecule has 1 unspecified atom stereocenters. The van der Waals surface area contributed by atoms with Gasteiger partial charge in [-0.2, -0.15) is 9.97 Å².